The summed E-state index contributed by atoms with van der Waals surface area (Å²) in [5, 5.41) is 11.6. The fourth-order valence-corrected chi connectivity index (χ4v) is 2.46. The van der Waals surface area contributed by atoms with Crippen LogP contribution in [0.5, 0.6) is 0 Å². The van der Waals surface area contributed by atoms with E-state index in [9.17, 15) is 4.79 Å². The number of carbonyl (C=O) groups excluding carboxylic acids is 1. The first-order chi connectivity index (χ1) is 6.74. The van der Waals surface area contributed by atoms with Crippen molar-refractivity contribution in [2.75, 3.05) is 31.7 Å². The number of aliphatic hydroxyl groups is 1. The number of rotatable bonds is 3. The number of carbonyl (C=O) groups is 1. The monoisotopic (exact) mass is 218 g/mol. The zero-order valence-corrected chi connectivity index (χ0v) is 9.35. The van der Waals surface area contributed by atoms with E-state index in [4.69, 9.17) is 5.11 Å². The van der Waals surface area contributed by atoms with Gasteiger partial charge in [0.25, 0.3) is 0 Å². The Bertz CT molecular complexity index is 184. The molecule has 1 heterocycles. The lowest BCUT2D eigenvalue weighted by Gasteiger charge is -2.25. The molecule has 0 spiro atoms. The summed E-state index contributed by atoms with van der Waals surface area (Å²) < 4.78 is 0. The van der Waals surface area contributed by atoms with Crippen LogP contribution in [-0.4, -0.2) is 53.8 Å². The molecule has 1 rings (SSSR count). The van der Waals surface area contributed by atoms with Gasteiger partial charge in [-0.25, -0.2) is 4.79 Å². The van der Waals surface area contributed by atoms with Gasteiger partial charge in [0.1, 0.15) is 0 Å². The predicted molar refractivity (Wildman–Crippen MR) is 58.6 cm³/mol. The largest absolute Gasteiger partial charge is 0.395 e. The Morgan fingerprint density at radius 2 is 2.50 bits per heavy atom. The van der Waals surface area contributed by atoms with Gasteiger partial charge in [-0.3, -0.25) is 0 Å². The van der Waals surface area contributed by atoms with Gasteiger partial charge in [-0.1, -0.05) is 0 Å². The number of likely N-dealkylation sites (N-methyl/N-ethyl adjacent to an activating group) is 1. The molecule has 2 amide bonds. The average molecular weight is 218 g/mol. The minimum absolute atomic E-state index is 0.0172. The van der Waals surface area contributed by atoms with Gasteiger partial charge >= 0.3 is 6.03 Å². The molecule has 0 aliphatic carbocycles. The van der Waals surface area contributed by atoms with Gasteiger partial charge in [0, 0.05) is 25.4 Å². The lowest BCUT2D eigenvalue weighted by Crippen LogP contribution is -2.45. The number of amides is 2. The van der Waals surface area contributed by atoms with Crippen LogP contribution in [0.25, 0.3) is 0 Å². The van der Waals surface area contributed by atoms with E-state index in [1.54, 1.807) is 7.05 Å². The predicted octanol–water partition coefficient (Wildman–Crippen LogP) is 0.516. The van der Waals surface area contributed by atoms with Crippen molar-refractivity contribution < 1.29 is 9.90 Å². The van der Waals surface area contributed by atoms with Crippen LogP contribution in [-0.2, 0) is 0 Å². The Hall–Kier alpha value is -0.420. The molecule has 1 saturated heterocycles. The highest BCUT2D eigenvalue weighted by molar-refractivity contribution is 7.99. The van der Waals surface area contributed by atoms with Gasteiger partial charge in [-0.15, -0.1) is 0 Å². The zero-order valence-electron chi connectivity index (χ0n) is 8.53. The number of aliphatic hydroxyl groups excluding tert-OH is 1. The molecule has 0 aromatic rings. The van der Waals surface area contributed by atoms with Gasteiger partial charge in [-0.2, -0.15) is 11.8 Å². The molecular weight excluding hydrogens is 200 g/mol. The van der Waals surface area contributed by atoms with Crippen molar-refractivity contribution in [1.82, 2.24) is 10.2 Å². The van der Waals surface area contributed by atoms with Crippen molar-refractivity contribution >= 4 is 17.8 Å². The zero-order chi connectivity index (χ0) is 10.4. The molecule has 5 heteroatoms. The summed E-state index contributed by atoms with van der Waals surface area (Å²) in [6, 6.07) is 0.231. The smallest absolute Gasteiger partial charge is 0.317 e. The molecule has 0 bridgehead atoms. The third-order valence-electron chi connectivity index (χ3n) is 2.27. The van der Waals surface area contributed by atoms with Gasteiger partial charge in [-0.05, 0) is 18.6 Å². The van der Waals surface area contributed by atoms with Crippen LogP contribution >= 0.6 is 11.8 Å². The van der Waals surface area contributed by atoms with Crippen LogP contribution < -0.4 is 5.32 Å². The summed E-state index contributed by atoms with van der Waals surface area (Å²) in [6.45, 7) is 0.412. The molecule has 82 valence electrons. The molecule has 0 aromatic carbocycles. The van der Waals surface area contributed by atoms with Crippen molar-refractivity contribution in [3.8, 4) is 0 Å². The maximum atomic E-state index is 11.5. The first-order valence-electron chi connectivity index (χ1n) is 4.94. The van der Waals surface area contributed by atoms with Crippen LogP contribution in [0.4, 0.5) is 4.79 Å². The van der Waals surface area contributed by atoms with Gasteiger partial charge in [0.05, 0.1) is 6.61 Å². The topological polar surface area (TPSA) is 52.6 Å². The molecule has 1 fully saturated rings. The van der Waals surface area contributed by atoms with Crippen LogP contribution in [0.2, 0.25) is 0 Å². The molecule has 0 saturated carbocycles. The van der Waals surface area contributed by atoms with E-state index in [0.717, 1.165) is 12.2 Å². The highest BCUT2D eigenvalue weighted by atomic mass is 32.2. The quantitative estimate of drug-likeness (QED) is 0.726. The SMILES string of the molecule is CN(CCO)C(=O)NC1CCCSC1. The van der Waals surface area contributed by atoms with Crippen LogP contribution in [0, 0.1) is 0 Å². The normalized spacial score (nSPS) is 21.7. The molecule has 1 aliphatic rings. The van der Waals surface area contributed by atoms with E-state index in [1.807, 2.05) is 11.8 Å². The van der Waals surface area contributed by atoms with Crippen molar-refractivity contribution in [1.29, 1.82) is 0 Å². The van der Waals surface area contributed by atoms with E-state index in [2.05, 4.69) is 5.32 Å². The number of thioether (sulfide) groups is 1. The Balaban J connectivity index is 2.24. The van der Waals surface area contributed by atoms with Gasteiger partial charge < -0.3 is 15.3 Å². The number of nitrogens with one attached hydrogen (secondary N) is 1. The molecule has 1 aliphatic heterocycles. The van der Waals surface area contributed by atoms with E-state index >= 15 is 0 Å². The number of hydrogen-bond acceptors (Lipinski definition) is 3. The number of hydrogen-bond donors (Lipinski definition) is 2. The Kier molecular flexibility index (Phi) is 5.11. The van der Waals surface area contributed by atoms with E-state index in [0.29, 0.717) is 12.6 Å². The second-order valence-electron chi connectivity index (χ2n) is 3.51. The lowest BCUT2D eigenvalue weighted by molar-refractivity contribution is 0.187. The minimum Gasteiger partial charge on any atom is -0.395 e. The Morgan fingerprint density at radius 3 is 3.07 bits per heavy atom. The molecule has 14 heavy (non-hydrogen) atoms. The third kappa shape index (κ3) is 3.75. The first kappa shape index (κ1) is 11.7. The average Bonchev–Trinajstić information content (AvgIpc) is 2.19. The maximum Gasteiger partial charge on any atom is 0.317 e. The minimum atomic E-state index is -0.0773. The van der Waals surface area contributed by atoms with E-state index in [-0.39, 0.29) is 12.6 Å². The van der Waals surface area contributed by atoms with Gasteiger partial charge in [0.15, 0.2) is 0 Å². The van der Waals surface area contributed by atoms with Crippen molar-refractivity contribution in [2.45, 2.75) is 18.9 Å². The first-order valence-corrected chi connectivity index (χ1v) is 6.09. The molecule has 0 radical (unpaired) electrons. The third-order valence-corrected chi connectivity index (χ3v) is 3.49. The lowest BCUT2D eigenvalue weighted by atomic mass is 10.2. The molecular formula is C9H18N2O2S. The number of urea groups is 1. The van der Waals surface area contributed by atoms with Crippen molar-refractivity contribution in [3.05, 3.63) is 0 Å². The molecule has 2 N–H and O–H groups in total. The maximum absolute atomic E-state index is 11.5. The second-order valence-corrected chi connectivity index (χ2v) is 4.66. The second kappa shape index (κ2) is 6.14. The summed E-state index contributed by atoms with van der Waals surface area (Å²) in [5.41, 5.74) is 0. The fraction of sp³-hybridized carbons (Fsp3) is 0.889. The fourth-order valence-electron chi connectivity index (χ4n) is 1.39. The summed E-state index contributed by atoms with van der Waals surface area (Å²) in [5.74, 6) is 2.22. The van der Waals surface area contributed by atoms with E-state index in [1.165, 1.54) is 17.1 Å². The summed E-state index contributed by atoms with van der Waals surface area (Å²) in [4.78, 5) is 13.0. The highest BCUT2D eigenvalue weighted by Gasteiger charge is 2.17. The van der Waals surface area contributed by atoms with Crippen LogP contribution in [0.3, 0.4) is 0 Å². The summed E-state index contributed by atoms with van der Waals surface area (Å²) in [6.07, 6.45) is 2.25. The Labute approximate surface area is 89.0 Å². The van der Waals surface area contributed by atoms with Crippen molar-refractivity contribution in [3.63, 3.8) is 0 Å². The molecule has 1 atom stereocenters. The molecule has 4 nitrogen and oxygen atoms in total. The summed E-state index contributed by atoms with van der Waals surface area (Å²) in [7, 11) is 1.70. The van der Waals surface area contributed by atoms with Gasteiger partial charge in [0.2, 0.25) is 0 Å². The number of nitrogens with zero attached hydrogens (tertiary/aromatic N) is 1. The molecule has 0 aromatic heterocycles. The van der Waals surface area contributed by atoms with Crippen LogP contribution in [0.1, 0.15) is 12.8 Å². The van der Waals surface area contributed by atoms with Crippen LogP contribution in [0.15, 0.2) is 0 Å². The Morgan fingerprint density at radius 1 is 1.71 bits per heavy atom. The van der Waals surface area contributed by atoms with E-state index < -0.39 is 0 Å². The standard InChI is InChI=1S/C9H18N2O2S/c1-11(4-5-12)9(13)10-8-3-2-6-14-7-8/h8,12H,2-7H2,1H3,(H,10,13). The molecule has 1 unspecified atom stereocenters. The summed E-state index contributed by atoms with van der Waals surface area (Å²) >= 11 is 1.89. The van der Waals surface area contributed by atoms with Crippen molar-refractivity contribution in [2.24, 2.45) is 0 Å². The highest BCUT2D eigenvalue weighted by Crippen LogP contribution is 2.16.